The molecule has 0 radical (unpaired) electrons. The Morgan fingerprint density at radius 1 is 1.56 bits per heavy atom. The molecule has 2 atom stereocenters. The zero-order valence-corrected chi connectivity index (χ0v) is 10.5. The monoisotopic (exact) mass is 248 g/mol. The number of hydrogen-bond donors (Lipinski definition) is 1. The molecule has 1 aliphatic heterocycles. The molecule has 0 aromatic carbocycles. The topological polar surface area (TPSA) is 68.3 Å². The lowest BCUT2D eigenvalue weighted by molar-refractivity contribution is -0.146. The van der Waals surface area contributed by atoms with Gasteiger partial charge in [0, 0.05) is 24.2 Å². The minimum absolute atomic E-state index is 0.138. The molecule has 1 aromatic rings. The molecular formula is C13H16N2O3. The lowest BCUT2D eigenvalue weighted by atomic mass is 9.96. The van der Waals surface area contributed by atoms with E-state index < -0.39 is 12.0 Å². The number of nitrogens with zero attached hydrogens (tertiary/aromatic N) is 1. The summed E-state index contributed by atoms with van der Waals surface area (Å²) in [5.74, 6) is -0.770. The smallest absolute Gasteiger partial charge is 0.329 e. The molecule has 1 saturated heterocycles. The van der Waals surface area contributed by atoms with Crippen molar-refractivity contribution in [1.82, 2.24) is 10.3 Å². The maximum atomic E-state index is 11.8. The summed E-state index contributed by atoms with van der Waals surface area (Å²) in [6.45, 7) is 3.99. The Kier molecular flexibility index (Phi) is 3.60. The van der Waals surface area contributed by atoms with Crippen molar-refractivity contribution in [2.45, 2.75) is 32.2 Å². The van der Waals surface area contributed by atoms with Crippen LogP contribution in [0.25, 0.3) is 0 Å². The number of rotatable bonds is 3. The summed E-state index contributed by atoms with van der Waals surface area (Å²) in [5, 5.41) is 2.65. The molecule has 1 N–H and O–H groups in total. The highest BCUT2D eigenvalue weighted by atomic mass is 16.5. The third-order valence-corrected chi connectivity index (χ3v) is 2.98. The Labute approximate surface area is 106 Å². The summed E-state index contributed by atoms with van der Waals surface area (Å²) < 4.78 is 4.97. The number of hydrogen-bond acceptors (Lipinski definition) is 4. The molecule has 0 saturated carbocycles. The molecule has 1 fully saturated rings. The molecule has 0 aliphatic carbocycles. The summed E-state index contributed by atoms with van der Waals surface area (Å²) in [6.07, 6.45) is 2.01. The number of aromatic nitrogens is 1. The highest BCUT2D eigenvalue weighted by Crippen LogP contribution is 2.27. The molecular weight excluding hydrogens is 232 g/mol. The minimum Gasteiger partial charge on any atom is -0.464 e. The Bertz CT molecular complexity index is 456. The van der Waals surface area contributed by atoms with Crippen molar-refractivity contribution < 1.29 is 14.3 Å². The van der Waals surface area contributed by atoms with Gasteiger partial charge in [0.1, 0.15) is 6.04 Å². The van der Waals surface area contributed by atoms with Gasteiger partial charge in [-0.25, -0.2) is 4.79 Å². The Morgan fingerprint density at radius 3 is 2.94 bits per heavy atom. The second-order valence-corrected chi connectivity index (χ2v) is 4.37. The van der Waals surface area contributed by atoms with Gasteiger partial charge in [-0.3, -0.25) is 9.78 Å². The Hall–Kier alpha value is -1.91. The van der Waals surface area contributed by atoms with E-state index in [1.165, 1.54) is 0 Å². The second kappa shape index (κ2) is 5.16. The first-order chi connectivity index (χ1) is 8.61. The van der Waals surface area contributed by atoms with Crippen molar-refractivity contribution in [2.75, 3.05) is 6.61 Å². The van der Waals surface area contributed by atoms with Crippen LogP contribution in [0.2, 0.25) is 0 Å². The van der Waals surface area contributed by atoms with Gasteiger partial charge in [0.2, 0.25) is 5.91 Å². The molecule has 5 nitrogen and oxygen atoms in total. The number of amides is 1. The van der Waals surface area contributed by atoms with Crippen molar-refractivity contribution in [2.24, 2.45) is 0 Å². The van der Waals surface area contributed by atoms with Gasteiger partial charge in [-0.1, -0.05) is 6.07 Å². The predicted molar refractivity (Wildman–Crippen MR) is 64.9 cm³/mol. The first-order valence-corrected chi connectivity index (χ1v) is 6.00. The van der Waals surface area contributed by atoms with Crippen molar-refractivity contribution in [3.63, 3.8) is 0 Å². The lowest BCUT2D eigenvalue weighted by Gasteiger charge is -2.16. The van der Waals surface area contributed by atoms with E-state index in [4.69, 9.17) is 4.74 Å². The summed E-state index contributed by atoms with van der Waals surface area (Å²) in [6, 6.07) is 3.16. The predicted octanol–water partition coefficient (Wildman–Crippen LogP) is 0.925. The number of ether oxygens (including phenoxy) is 1. The molecule has 2 unspecified atom stereocenters. The number of esters is 1. The third-order valence-electron chi connectivity index (χ3n) is 2.98. The third kappa shape index (κ3) is 2.50. The maximum Gasteiger partial charge on any atom is 0.329 e. The average molecular weight is 248 g/mol. The summed E-state index contributed by atoms with van der Waals surface area (Å²) in [4.78, 5) is 27.5. The fourth-order valence-corrected chi connectivity index (χ4v) is 2.08. The van der Waals surface area contributed by atoms with Gasteiger partial charge in [0.25, 0.3) is 0 Å². The van der Waals surface area contributed by atoms with Crippen LogP contribution in [0.4, 0.5) is 0 Å². The van der Waals surface area contributed by atoms with E-state index in [0.717, 1.165) is 11.3 Å². The van der Waals surface area contributed by atoms with Crippen molar-refractivity contribution in [3.8, 4) is 0 Å². The summed E-state index contributed by atoms with van der Waals surface area (Å²) in [7, 11) is 0. The standard InChI is InChI=1S/C13H16N2O3/c1-3-18-13(17)12-9(6-11(16)15-12)10-5-4-8(2)7-14-10/h4-5,7,9,12H,3,6H2,1-2H3,(H,15,16). The van der Waals surface area contributed by atoms with E-state index in [1.807, 2.05) is 19.1 Å². The first-order valence-electron chi connectivity index (χ1n) is 6.00. The van der Waals surface area contributed by atoms with Crippen LogP contribution >= 0.6 is 0 Å². The first kappa shape index (κ1) is 12.5. The minimum atomic E-state index is -0.618. The zero-order chi connectivity index (χ0) is 13.1. The van der Waals surface area contributed by atoms with Gasteiger partial charge in [-0.2, -0.15) is 0 Å². The van der Waals surface area contributed by atoms with Gasteiger partial charge < -0.3 is 10.1 Å². The van der Waals surface area contributed by atoms with Crippen LogP contribution in [0.5, 0.6) is 0 Å². The van der Waals surface area contributed by atoms with Gasteiger partial charge in [-0.05, 0) is 25.5 Å². The van der Waals surface area contributed by atoms with Gasteiger partial charge in [-0.15, -0.1) is 0 Å². The number of aryl methyl sites for hydroxylation is 1. The zero-order valence-electron chi connectivity index (χ0n) is 10.5. The van der Waals surface area contributed by atoms with Crippen LogP contribution in [0, 0.1) is 6.92 Å². The van der Waals surface area contributed by atoms with E-state index in [1.54, 1.807) is 13.1 Å². The molecule has 0 bridgehead atoms. The molecule has 18 heavy (non-hydrogen) atoms. The van der Waals surface area contributed by atoms with Crippen LogP contribution in [-0.4, -0.2) is 29.5 Å². The van der Waals surface area contributed by atoms with Gasteiger partial charge in [0.05, 0.1) is 6.61 Å². The Balaban J connectivity index is 2.21. The number of nitrogens with one attached hydrogen (secondary N) is 1. The number of carbonyl (C=O) groups excluding carboxylic acids is 2. The van der Waals surface area contributed by atoms with Crippen molar-refractivity contribution in [3.05, 3.63) is 29.6 Å². The quantitative estimate of drug-likeness (QED) is 0.808. The maximum absolute atomic E-state index is 11.8. The molecule has 2 rings (SSSR count). The van der Waals surface area contributed by atoms with E-state index >= 15 is 0 Å². The van der Waals surface area contributed by atoms with Crippen LogP contribution in [0.3, 0.4) is 0 Å². The van der Waals surface area contributed by atoms with E-state index in [-0.39, 0.29) is 18.2 Å². The molecule has 1 amide bonds. The van der Waals surface area contributed by atoms with Crippen molar-refractivity contribution >= 4 is 11.9 Å². The largest absolute Gasteiger partial charge is 0.464 e. The molecule has 2 heterocycles. The summed E-state index contributed by atoms with van der Waals surface area (Å²) >= 11 is 0. The fraction of sp³-hybridized carbons (Fsp3) is 0.462. The molecule has 5 heteroatoms. The highest BCUT2D eigenvalue weighted by Gasteiger charge is 2.40. The van der Waals surface area contributed by atoms with E-state index in [0.29, 0.717) is 6.61 Å². The van der Waals surface area contributed by atoms with Gasteiger partial charge >= 0.3 is 5.97 Å². The lowest BCUT2D eigenvalue weighted by Crippen LogP contribution is -2.37. The molecule has 96 valence electrons. The van der Waals surface area contributed by atoms with Gasteiger partial charge in [0.15, 0.2) is 0 Å². The van der Waals surface area contributed by atoms with Crippen LogP contribution in [0.15, 0.2) is 18.3 Å². The van der Waals surface area contributed by atoms with Crippen LogP contribution < -0.4 is 5.32 Å². The fourth-order valence-electron chi connectivity index (χ4n) is 2.08. The van der Waals surface area contributed by atoms with E-state index in [9.17, 15) is 9.59 Å². The second-order valence-electron chi connectivity index (χ2n) is 4.37. The van der Waals surface area contributed by atoms with E-state index in [2.05, 4.69) is 10.3 Å². The highest BCUT2D eigenvalue weighted by molar-refractivity contribution is 5.90. The van der Waals surface area contributed by atoms with Crippen LogP contribution in [0.1, 0.15) is 30.5 Å². The number of carbonyl (C=O) groups is 2. The number of pyridine rings is 1. The average Bonchev–Trinajstić information content (AvgIpc) is 2.73. The summed E-state index contributed by atoms with van der Waals surface area (Å²) in [5.41, 5.74) is 1.79. The van der Waals surface area contributed by atoms with Crippen molar-refractivity contribution in [1.29, 1.82) is 0 Å². The molecule has 1 aromatic heterocycles. The Morgan fingerprint density at radius 2 is 2.33 bits per heavy atom. The van der Waals surface area contributed by atoms with Crippen LogP contribution in [-0.2, 0) is 14.3 Å². The SMILES string of the molecule is CCOC(=O)C1NC(=O)CC1c1ccc(C)cn1. The normalized spacial score (nSPS) is 22.7. The molecule has 0 spiro atoms. The molecule has 1 aliphatic rings.